The van der Waals surface area contributed by atoms with Gasteiger partial charge < -0.3 is 25.5 Å². The molecular weight excluding hydrogens is 370 g/mol. The summed E-state index contributed by atoms with van der Waals surface area (Å²) in [5, 5.41) is 19.3. The van der Waals surface area contributed by atoms with Crippen molar-refractivity contribution in [3.05, 3.63) is 53.1 Å². The van der Waals surface area contributed by atoms with E-state index in [2.05, 4.69) is 20.9 Å². The van der Waals surface area contributed by atoms with Gasteiger partial charge in [0.25, 0.3) is 5.91 Å². The van der Waals surface area contributed by atoms with Crippen LogP contribution < -0.4 is 16.0 Å². The van der Waals surface area contributed by atoms with Crippen LogP contribution in [-0.4, -0.2) is 52.7 Å². The summed E-state index contributed by atoms with van der Waals surface area (Å²) in [6.07, 6.45) is 6.11. The van der Waals surface area contributed by atoms with Gasteiger partial charge in [0.1, 0.15) is 5.82 Å². The summed E-state index contributed by atoms with van der Waals surface area (Å²) in [5.41, 5.74) is 2.94. The topological polar surface area (TPSA) is 96.9 Å². The van der Waals surface area contributed by atoms with Crippen LogP contribution in [0.1, 0.15) is 43.0 Å². The third kappa shape index (κ3) is 3.80. The first kappa shape index (κ1) is 19.3. The van der Waals surface area contributed by atoms with Gasteiger partial charge in [-0.15, -0.1) is 0 Å². The Kier molecular flexibility index (Phi) is 5.19. The maximum atomic E-state index is 12.6. The number of hydrogen-bond acceptors (Lipinski definition) is 6. The Labute approximate surface area is 170 Å². The van der Waals surface area contributed by atoms with Crippen molar-refractivity contribution in [1.29, 1.82) is 0 Å². The number of hydrogen-bond donors (Lipinski definition) is 4. The first-order valence-corrected chi connectivity index (χ1v) is 10.0. The number of benzene rings is 1. The first-order chi connectivity index (χ1) is 13.9. The molecule has 0 bridgehead atoms. The highest BCUT2D eigenvalue weighted by Crippen LogP contribution is 2.33. The monoisotopic (exact) mass is 397 g/mol. The summed E-state index contributed by atoms with van der Waals surface area (Å²) in [7, 11) is 1.81. The number of carbonyl (C=O) groups is 2. The second-order valence-electron chi connectivity index (χ2n) is 7.77. The molecule has 1 amide bonds. The Bertz CT molecular complexity index is 871. The number of nitrogens with one attached hydrogen (secondary N) is 3. The Hall–Kier alpha value is -3.00. The van der Waals surface area contributed by atoms with Gasteiger partial charge in [-0.25, -0.2) is 4.79 Å². The molecule has 1 saturated carbocycles. The standard InChI is InChI=1S/C21H27N5O3/c1-13-11-18(27)25(2)17-12-22-21(23-15-9-7-14(8-10-15)20(28)29)24-19(17)26(13)16-5-3-4-6-16/h7-11,16,21-24H,3-6,12H2,1-2H3,(H,28,29). The average molecular weight is 397 g/mol. The van der Waals surface area contributed by atoms with E-state index in [0.717, 1.165) is 35.7 Å². The molecule has 1 aliphatic carbocycles. The SMILES string of the molecule is CC1=CC(=O)N(C)C2=C(NC(Nc3ccc(C(=O)O)cc3)NC2)N1C1CCCC1. The van der Waals surface area contributed by atoms with Crippen molar-refractivity contribution in [3.8, 4) is 0 Å². The minimum Gasteiger partial charge on any atom is -0.478 e. The van der Waals surface area contributed by atoms with Crippen molar-refractivity contribution in [3.63, 3.8) is 0 Å². The fourth-order valence-electron chi connectivity index (χ4n) is 4.29. The predicted octanol–water partition coefficient (Wildman–Crippen LogP) is 2.06. The maximum Gasteiger partial charge on any atom is 0.335 e. The molecule has 1 fully saturated rings. The van der Waals surface area contributed by atoms with Crippen molar-refractivity contribution in [1.82, 2.24) is 20.4 Å². The molecule has 0 spiro atoms. The van der Waals surface area contributed by atoms with Crippen LogP contribution in [0, 0.1) is 0 Å². The Morgan fingerprint density at radius 2 is 1.90 bits per heavy atom. The molecule has 0 radical (unpaired) electrons. The molecule has 2 heterocycles. The Balaban J connectivity index is 1.59. The molecule has 0 saturated heterocycles. The maximum absolute atomic E-state index is 12.6. The van der Waals surface area contributed by atoms with E-state index in [1.54, 1.807) is 42.3 Å². The van der Waals surface area contributed by atoms with Crippen molar-refractivity contribution in [2.75, 3.05) is 18.9 Å². The van der Waals surface area contributed by atoms with Gasteiger partial charge in [-0.2, -0.15) is 0 Å². The number of carboxylic acid groups (broad SMARTS) is 1. The third-order valence-electron chi connectivity index (χ3n) is 5.85. The summed E-state index contributed by atoms with van der Waals surface area (Å²) in [5.74, 6) is -0.00642. The van der Waals surface area contributed by atoms with Gasteiger partial charge in [0.15, 0.2) is 6.29 Å². The van der Waals surface area contributed by atoms with E-state index in [9.17, 15) is 9.59 Å². The van der Waals surface area contributed by atoms with Gasteiger partial charge >= 0.3 is 5.97 Å². The van der Waals surface area contributed by atoms with Crippen molar-refractivity contribution in [2.24, 2.45) is 0 Å². The van der Waals surface area contributed by atoms with Gasteiger partial charge in [-0.3, -0.25) is 10.1 Å². The lowest BCUT2D eigenvalue weighted by atomic mass is 10.1. The third-order valence-corrected chi connectivity index (χ3v) is 5.85. The number of amides is 1. The van der Waals surface area contributed by atoms with E-state index in [0.29, 0.717) is 12.6 Å². The Morgan fingerprint density at radius 1 is 1.21 bits per heavy atom. The number of aromatic carboxylic acids is 1. The predicted molar refractivity (Wildman–Crippen MR) is 110 cm³/mol. The molecule has 4 N–H and O–H groups in total. The lowest BCUT2D eigenvalue weighted by molar-refractivity contribution is -0.123. The molecule has 8 heteroatoms. The highest BCUT2D eigenvalue weighted by Gasteiger charge is 2.35. The molecule has 2 aliphatic heterocycles. The summed E-state index contributed by atoms with van der Waals surface area (Å²) in [6, 6.07) is 7.04. The molecule has 1 aromatic rings. The van der Waals surface area contributed by atoms with Crippen LogP contribution in [0.2, 0.25) is 0 Å². The zero-order valence-corrected chi connectivity index (χ0v) is 16.7. The highest BCUT2D eigenvalue weighted by atomic mass is 16.4. The quantitative estimate of drug-likeness (QED) is 0.618. The van der Waals surface area contributed by atoms with Crippen molar-refractivity contribution in [2.45, 2.75) is 44.9 Å². The molecule has 8 nitrogen and oxygen atoms in total. The minimum atomic E-state index is -0.944. The largest absolute Gasteiger partial charge is 0.478 e. The normalized spacial score (nSPS) is 22.8. The van der Waals surface area contributed by atoms with Crippen LogP contribution in [0.5, 0.6) is 0 Å². The second kappa shape index (κ2) is 7.79. The van der Waals surface area contributed by atoms with Crippen LogP contribution in [-0.2, 0) is 4.79 Å². The smallest absolute Gasteiger partial charge is 0.335 e. The van der Waals surface area contributed by atoms with Crippen molar-refractivity contribution < 1.29 is 14.7 Å². The summed E-state index contributed by atoms with van der Waals surface area (Å²) >= 11 is 0. The summed E-state index contributed by atoms with van der Waals surface area (Å²) in [6.45, 7) is 2.54. The van der Waals surface area contributed by atoms with Gasteiger partial charge in [0, 0.05) is 37.1 Å². The molecular formula is C21H27N5O3. The average Bonchev–Trinajstić information content (AvgIpc) is 3.19. The zero-order chi connectivity index (χ0) is 20.5. The highest BCUT2D eigenvalue weighted by molar-refractivity contribution is 5.90. The fraction of sp³-hybridized carbons (Fsp3) is 0.429. The Morgan fingerprint density at radius 3 is 2.55 bits per heavy atom. The number of anilines is 1. The lowest BCUT2D eigenvalue weighted by Crippen LogP contribution is -2.57. The molecule has 29 heavy (non-hydrogen) atoms. The van der Waals surface area contributed by atoms with E-state index >= 15 is 0 Å². The lowest BCUT2D eigenvalue weighted by Gasteiger charge is -2.40. The molecule has 0 aromatic heterocycles. The number of carboxylic acids is 1. The van der Waals surface area contributed by atoms with Crippen LogP contribution in [0.4, 0.5) is 5.69 Å². The molecule has 3 aliphatic rings. The number of allylic oxidation sites excluding steroid dienone is 1. The number of likely N-dealkylation sites (N-methyl/N-ethyl adjacent to an activating group) is 1. The van der Waals surface area contributed by atoms with E-state index in [4.69, 9.17) is 5.11 Å². The number of nitrogens with zero attached hydrogens (tertiary/aromatic N) is 2. The first-order valence-electron chi connectivity index (χ1n) is 10.0. The van der Waals surface area contributed by atoms with Crippen LogP contribution in [0.15, 0.2) is 47.6 Å². The molecule has 1 atom stereocenters. The van der Waals surface area contributed by atoms with Gasteiger partial charge in [-0.05, 0) is 44.0 Å². The van der Waals surface area contributed by atoms with Crippen LogP contribution in [0.3, 0.4) is 0 Å². The minimum absolute atomic E-state index is 0.0187. The van der Waals surface area contributed by atoms with E-state index in [1.165, 1.54) is 12.8 Å². The van der Waals surface area contributed by atoms with Crippen LogP contribution in [0.25, 0.3) is 0 Å². The summed E-state index contributed by atoms with van der Waals surface area (Å²) < 4.78 is 0. The second-order valence-corrected chi connectivity index (χ2v) is 7.77. The van der Waals surface area contributed by atoms with Gasteiger partial charge in [0.05, 0.1) is 11.3 Å². The number of rotatable bonds is 4. The van der Waals surface area contributed by atoms with E-state index in [-0.39, 0.29) is 17.8 Å². The number of carbonyl (C=O) groups excluding carboxylic acids is 1. The van der Waals surface area contributed by atoms with E-state index < -0.39 is 5.97 Å². The molecule has 1 unspecified atom stereocenters. The van der Waals surface area contributed by atoms with E-state index in [1.807, 2.05) is 6.92 Å². The zero-order valence-electron chi connectivity index (χ0n) is 16.7. The van der Waals surface area contributed by atoms with Gasteiger partial charge in [-0.1, -0.05) is 12.8 Å². The van der Waals surface area contributed by atoms with Crippen LogP contribution >= 0.6 is 0 Å². The van der Waals surface area contributed by atoms with Gasteiger partial charge in [0.2, 0.25) is 0 Å². The molecule has 154 valence electrons. The molecule has 1 aromatic carbocycles. The fourth-order valence-corrected chi connectivity index (χ4v) is 4.29. The summed E-state index contributed by atoms with van der Waals surface area (Å²) in [4.78, 5) is 27.6. The molecule has 4 rings (SSSR count). The van der Waals surface area contributed by atoms with Crippen molar-refractivity contribution >= 4 is 17.6 Å².